The topological polar surface area (TPSA) is 91.2 Å². The molecule has 1 saturated heterocycles. The lowest BCUT2D eigenvalue weighted by molar-refractivity contribution is 0.0254. The number of carbonyl (C=O) groups excluding carboxylic acids is 1. The summed E-state index contributed by atoms with van der Waals surface area (Å²) in [5, 5.41) is 13.5. The molecule has 1 fully saturated rings. The zero-order valence-corrected chi connectivity index (χ0v) is 13.9. The summed E-state index contributed by atoms with van der Waals surface area (Å²) < 4.78 is 13.0. The van der Waals surface area contributed by atoms with E-state index in [-0.39, 0.29) is 12.5 Å². The van der Waals surface area contributed by atoms with Gasteiger partial charge in [0.25, 0.3) is 5.91 Å². The van der Waals surface area contributed by atoms with E-state index in [9.17, 15) is 14.3 Å². The monoisotopic (exact) mass is 345 g/mol. The van der Waals surface area contributed by atoms with E-state index in [2.05, 4.69) is 20.3 Å². The van der Waals surface area contributed by atoms with Crippen molar-refractivity contribution < 1.29 is 14.3 Å². The first-order valence-electron chi connectivity index (χ1n) is 8.11. The minimum absolute atomic E-state index is 0.109. The van der Waals surface area contributed by atoms with Gasteiger partial charge in [-0.25, -0.2) is 19.3 Å². The number of aryl methyl sites for hydroxylation is 1. The third-order valence-corrected chi connectivity index (χ3v) is 4.21. The van der Waals surface area contributed by atoms with E-state index in [0.717, 1.165) is 19.2 Å². The summed E-state index contributed by atoms with van der Waals surface area (Å²) in [4.78, 5) is 26.1. The van der Waals surface area contributed by atoms with Crippen molar-refractivity contribution in [3.8, 4) is 0 Å². The number of amides is 1. The smallest absolute Gasteiger partial charge is 0.254 e. The van der Waals surface area contributed by atoms with Crippen molar-refractivity contribution in [2.24, 2.45) is 0 Å². The van der Waals surface area contributed by atoms with Gasteiger partial charge in [0.15, 0.2) is 0 Å². The lowest BCUT2D eigenvalue weighted by Crippen LogP contribution is -2.54. The van der Waals surface area contributed by atoms with Crippen LogP contribution in [0.2, 0.25) is 0 Å². The summed E-state index contributed by atoms with van der Waals surface area (Å²) in [5.41, 5.74) is -0.725. The molecule has 2 aromatic rings. The van der Waals surface area contributed by atoms with Gasteiger partial charge in [-0.3, -0.25) is 4.79 Å². The Hall–Kier alpha value is -2.61. The summed E-state index contributed by atoms with van der Waals surface area (Å²) >= 11 is 0. The fraction of sp³-hybridized carbons (Fsp3) is 0.412. The first-order chi connectivity index (χ1) is 12.0. The van der Waals surface area contributed by atoms with Crippen LogP contribution >= 0.6 is 0 Å². The maximum atomic E-state index is 13.0. The molecule has 1 atom stereocenters. The van der Waals surface area contributed by atoms with Crippen LogP contribution in [0.15, 0.2) is 30.7 Å². The second kappa shape index (κ2) is 7.10. The molecule has 8 heteroatoms. The number of nitrogens with one attached hydrogen (secondary N) is 1. The van der Waals surface area contributed by atoms with Gasteiger partial charge in [0, 0.05) is 32.0 Å². The number of carbonyl (C=O) groups is 1. The van der Waals surface area contributed by atoms with Crippen molar-refractivity contribution in [1.82, 2.24) is 20.3 Å². The molecule has 0 unspecified atom stereocenters. The minimum Gasteiger partial charge on any atom is -0.386 e. The molecule has 0 aliphatic carbocycles. The van der Waals surface area contributed by atoms with Gasteiger partial charge in [-0.15, -0.1) is 0 Å². The van der Waals surface area contributed by atoms with Gasteiger partial charge in [-0.2, -0.15) is 0 Å². The Morgan fingerprint density at radius 2 is 2.08 bits per heavy atom. The molecule has 2 aromatic heterocycles. The molecule has 1 aliphatic rings. The Morgan fingerprint density at radius 1 is 1.32 bits per heavy atom. The van der Waals surface area contributed by atoms with E-state index in [0.29, 0.717) is 30.2 Å². The van der Waals surface area contributed by atoms with Crippen LogP contribution in [-0.2, 0) is 0 Å². The Morgan fingerprint density at radius 3 is 2.76 bits per heavy atom. The number of hydrogen-bond donors (Lipinski definition) is 2. The highest BCUT2D eigenvalue weighted by atomic mass is 19.1. The highest BCUT2D eigenvalue weighted by Crippen LogP contribution is 2.24. The summed E-state index contributed by atoms with van der Waals surface area (Å²) in [7, 11) is 0. The molecule has 132 valence electrons. The summed E-state index contributed by atoms with van der Waals surface area (Å²) in [6.07, 6.45) is 5.38. The largest absolute Gasteiger partial charge is 0.386 e. The molecule has 0 radical (unpaired) electrons. The standard InChI is InChI=1S/C17H20FN5O2/c1-12-19-7-13(8-20-12)16(24)22-10-17(25)5-2-6-23(11-17)15-4-3-14(18)9-21-15/h3-4,7-9,25H,2,5-6,10-11H2,1H3,(H,22,24)/t17-/m1/s1. The SMILES string of the molecule is Cc1ncc(C(=O)NC[C@]2(O)CCCN(c3ccc(F)cn3)C2)cn1. The number of aliphatic hydroxyl groups is 1. The van der Waals surface area contributed by atoms with Crippen LogP contribution in [0.1, 0.15) is 29.0 Å². The van der Waals surface area contributed by atoms with Crippen molar-refractivity contribution >= 4 is 11.7 Å². The Bertz CT molecular complexity index is 738. The fourth-order valence-corrected chi connectivity index (χ4v) is 2.86. The Labute approximate surface area is 144 Å². The van der Waals surface area contributed by atoms with Crippen LogP contribution < -0.4 is 10.2 Å². The third-order valence-electron chi connectivity index (χ3n) is 4.21. The van der Waals surface area contributed by atoms with Crippen LogP contribution in [0.4, 0.5) is 10.2 Å². The molecular weight excluding hydrogens is 325 g/mol. The number of rotatable bonds is 4. The molecule has 2 N–H and O–H groups in total. The molecule has 0 aromatic carbocycles. The number of piperidine rings is 1. The van der Waals surface area contributed by atoms with Gasteiger partial charge in [0.2, 0.25) is 0 Å². The molecule has 0 bridgehead atoms. The third kappa shape index (κ3) is 4.27. The van der Waals surface area contributed by atoms with Gasteiger partial charge in [0.1, 0.15) is 17.5 Å². The maximum absolute atomic E-state index is 13.0. The zero-order valence-electron chi connectivity index (χ0n) is 13.9. The highest BCUT2D eigenvalue weighted by Gasteiger charge is 2.34. The fourth-order valence-electron chi connectivity index (χ4n) is 2.86. The number of β-amino-alcohol motifs (C(OH)–C–C–N with tert-alkyl or cyclic N) is 1. The van der Waals surface area contributed by atoms with E-state index < -0.39 is 11.4 Å². The lowest BCUT2D eigenvalue weighted by atomic mass is 9.92. The van der Waals surface area contributed by atoms with Gasteiger partial charge in [-0.05, 0) is 31.9 Å². The highest BCUT2D eigenvalue weighted by molar-refractivity contribution is 5.93. The van der Waals surface area contributed by atoms with Gasteiger partial charge in [-0.1, -0.05) is 0 Å². The molecule has 3 heterocycles. The van der Waals surface area contributed by atoms with Crippen LogP contribution in [0.25, 0.3) is 0 Å². The van der Waals surface area contributed by atoms with Crippen molar-refractivity contribution in [2.45, 2.75) is 25.4 Å². The van der Waals surface area contributed by atoms with Crippen molar-refractivity contribution in [3.05, 3.63) is 47.9 Å². The molecule has 0 spiro atoms. The predicted molar refractivity (Wildman–Crippen MR) is 89.7 cm³/mol. The van der Waals surface area contributed by atoms with E-state index >= 15 is 0 Å². The average molecular weight is 345 g/mol. The Kier molecular flexibility index (Phi) is 4.89. The minimum atomic E-state index is -1.07. The Balaban J connectivity index is 1.61. The maximum Gasteiger partial charge on any atom is 0.254 e. The lowest BCUT2D eigenvalue weighted by Gasteiger charge is -2.39. The number of halogens is 1. The zero-order chi connectivity index (χ0) is 17.9. The first-order valence-corrected chi connectivity index (χ1v) is 8.11. The molecule has 1 aliphatic heterocycles. The molecule has 7 nitrogen and oxygen atoms in total. The van der Waals surface area contributed by atoms with Crippen molar-refractivity contribution in [3.63, 3.8) is 0 Å². The van der Waals surface area contributed by atoms with Gasteiger partial charge >= 0.3 is 0 Å². The summed E-state index contributed by atoms with van der Waals surface area (Å²) in [5.74, 6) is 0.469. The van der Waals surface area contributed by atoms with Crippen LogP contribution in [-0.4, -0.2) is 51.2 Å². The van der Waals surface area contributed by atoms with Crippen LogP contribution in [0, 0.1) is 12.7 Å². The van der Waals surface area contributed by atoms with E-state index in [1.54, 1.807) is 13.0 Å². The summed E-state index contributed by atoms with van der Waals surface area (Å²) in [6, 6.07) is 2.93. The van der Waals surface area contributed by atoms with Crippen LogP contribution in [0.5, 0.6) is 0 Å². The van der Waals surface area contributed by atoms with Gasteiger partial charge in [0.05, 0.1) is 17.4 Å². The van der Waals surface area contributed by atoms with E-state index in [4.69, 9.17) is 0 Å². The molecular formula is C17H20FN5O2. The second-order valence-electron chi connectivity index (χ2n) is 6.29. The quantitative estimate of drug-likeness (QED) is 0.862. The average Bonchev–Trinajstić information content (AvgIpc) is 2.61. The van der Waals surface area contributed by atoms with Gasteiger partial charge < -0.3 is 15.3 Å². The number of hydrogen-bond acceptors (Lipinski definition) is 6. The molecule has 25 heavy (non-hydrogen) atoms. The molecule has 3 rings (SSSR count). The normalized spacial score (nSPS) is 20.4. The van der Waals surface area contributed by atoms with Crippen molar-refractivity contribution in [1.29, 1.82) is 0 Å². The van der Waals surface area contributed by atoms with E-state index in [1.807, 2.05) is 4.90 Å². The molecule has 0 saturated carbocycles. The second-order valence-corrected chi connectivity index (χ2v) is 6.29. The van der Waals surface area contributed by atoms with E-state index in [1.165, 1.54) is 18.5 Å². The van der Waals surface area contributed by atoms with Crippen molar-refractivity contribution in [2.75, 3.05) is 24.5 Å². The number of aromatic nitrogens is 3. The van der Waals surface area contributed by atoms with Crippen LogP contribution in [0.3, 0.4) is 0 Å². The number of pyridine rings is 1. The first kappa shape index (κ1) is 17.2. The number of anilines is 1. The number of nitrogens with zero attached hydrogens (tertiary/aromatic N) is 4. The molecule has 1 amide bonds. The summed E-state index contributed by atoms with van der Waals surface area (Å²) in [6.45, 7) is 2.89. The predicted octanol–water partition coefficient (Wildman–Crippen LogP) is 1.08.